The third-order valence-corrected chi connectivity index (χ3v) is 3.48. The molecule has 0 bridgehead atoms. The lowest BCUT2D eigenvalue weighted by molar-refractivity contribution is 0.0741. The number of carbonyl (C=O) groups excluding carboxylic acids is 1. The van der Waals surface area contributed by atoms with Crippen LogP contribution in [-0.2, 0) is 6.54 Å². The van der Waals surface area contributed by atoms with Crippen LogP contribution in [0.5, 0.6) is 5.75 Å². The van der Waals surface area contributed by atoms with Crippen molar-refractivity contribution < 1.29 is 9.53 Å². The predicted molar refractivity (Wildman–Crippen MR) is 80.5 cm³/mol. The Hall–Kier alpha value is -2.56. The largest absolute Gasteiger partial charge is 0.491 e. The summed E-state index contributed by atoms with van der Waals surface area (Å²) in [4.78, 5) is 18.7. The number of ether oxygens (including phenoxy) is 1. The SMILES string of the molecule is CNc1ccnc(CN2CCOc3ccccc3C2=O)c1. The van der Waals surface area contributed by atoms with Crippen LogP contribution < -0.4 is 10.1 Å². The van der Waals surface area contributed by atoms with E-state index in [-0.39, 0.29) is 5.91 Å². The van der Waals surface area contributed by atoms with E-state index in [0.717, 1.165) is 11.4 Å². The van der Waals surface area contributed by atoms with Gasteiger partial charge in [0.1, 0.15) is 12.4 Å². The van der Waals surface area contributed by atoms with Crippen LogP contribution in [0.15, 0.2) is 42.6 Å². The summed E-state index contributed by atoms with van der Waals surface area (Å²) < 4.78 is 5.64. The van der Waals surface area contributed by atoms with E-state index in [2.05, 4.69) is 10.3 Å². The van der Waals surface area contributed by atoms with Crippen molar-refractivity contribution >= 4 is 11.6 Å². The number of hydrogen-bond donors (Lipinski definition) is 1. The molecule has 0 aliphatic carbocycles. The number of para-hydroxylation sites is 1. The van der Waals surface area contributed by atoms with Gasteiger partial charge in [0.05, 0.1) is 24.3 Å². The topological polar surface area (TPSA) is 54.5 Å². The zero-order chi connectivity index (χ0) is 14.7. The van der Waals surface area contributed by atoms with E-state index in [1.54, 1.807) is 17.2 Å². The van der Waals surface area contributed by atoms with Crippen LogP contribution >= 0.6 is 0 Å². The van der Waals surface area contributed by atoms with Crippen LogP contribution in [0, 0.1) is 0 Å². The molecule has 0 spiro atoms. The second kappa shape index (κ2) is 5.83. The second-order valence-electron chi connectivity index (χ2n) is 4.86. The molecule has 108 valence electrons. The van der Waals surface area contributed by atoms with Gasteiger partial charge in [-0.3, -0.25) is 9.78 Å². The number of amides is 1. The Kier molecular flexibility index (Phi) is 3.73. The highest BCUT2D eigenvalue weighted by atomic mass is 16.5. The highest BCUT2D eigenvalue weighted by Crippen LogP contribution is 2.23. The Morgan fingerprint density at radius 3 is 3.05 bits per heavy atom. The van der Waals surface area contributed by atoms with E-state index in [0.29, 0.717) is 31.0 Å². The smallest absolute Gasteiger partial charge is 0.258 e. The molecule has 2 aromatic rings. The lowest BCUT2D eigenvalue weighted by Gasteiger charge is -2.19. The number of anilines is 1. The minimum Gasteiger partial charge on any atom is -0.491 e. The summed E-state index contributed by atoms with van der Waals surface area (Å²) in [5.74, 6) is 0.640. The predicted octanol–water partition coefficient (Wildman–Crippen LogP) is 2.16. The molecule has 1 aliphatic rings. The van der Waals surface area contributed by atoms with Crippen LogP contribution in [0.4, 0.5) is 5.69 Å². The van der Waals surface area contributed by atoms with Crippen molar-refractivity contribution in [1.29, 1.82) is 0 Å². The lowest BCUT2D eigenvalue weighted by atomic mass is 10.1. The van der Waals surface area contributed by atoms with Gasteiger partial charge in [0.2, 0.25) is 0 Å². The molecule has 1 aliphatic heterocycles. The average molecular weight is 283 g/mol. The maximum absolute atomic E-state index is 12.6. The Morgan fingerprint density at radius 1 is 1.33 bits per heavy atom. The summed E-state index contributed by atoms with van der Waals surface area (Å²) in [7, 11) is 1.86. The highest BCUT2D eigenvalue weighted by molar-refractivity contribution is 5.97. The molecule has 21 heavy (non-hydrogen) atoms. The zero-order valence-electron chi connectivity index (χ0n) is 11.9. The summed E-state index contributed by atoms with van der Waals surface area (Å²) in [6.07, 6.45) is 1.74. The summed E-state index contributed by atoms with van der Waals surface area (Å²) in [5.41, 5.74) is 2.45. The number of aromatic nitrogens is 1. The van der Waals surface area contributed by atoms with Crippen molar-refractivity contribution in [1.82, 2.24) is 9.88 Å². The molecule has 0 unspecified atom stereocenters. The maximum Gasteiger partial charge on any atom is 0.258 e. The molecule has 5 nitrogen and oxygen atoms in total. The Labute approximate surface area is 123 Å². The number of benzene rings is 1. The molecular formula is C16H17N3O2. The summed E-state index contributed by atoms with van der Waals surface area (Å²) >= 11 is 0. The Bertz CT molecular complexity index is 657. The molecule has 1 amide bonds. The van der Waals surface area contributed by atoms with Gasteiger partial charge in [-0.1, -0.05) is 12.1 Å². The van der Waals surface area contributed by atoms with E-state index in [9.17, 15) is 4.79 Å². The number of pyridine rings is 1. The van der Waals surface area contributed by atoms with Gasteiger partial charge in [-0.25, -0.2) is 0 Å². The van der Waals surface area contributed by atoms with Gasteiger partial charge in [-0.05, 0) is 24.3 Å². The average Bonchev–Trinajstić information content (AvgIpc) is 2.68. The molecule has 3 rings (SSSR count). The molecule has 0 fully saturated rings. The lowest BCUT2D eigenvalue weighted by Crippen LogP contribution is -2.32. The number of rotatable bonds is 3. The fourth-order valence-corrected chi connectivity index (χ4v) is 2.37. The van der Waals surface area contributed by atoms with Crippen molar-refractivity contribution in [3.8, 4) is 5.75 Å². The molecule has 0 saturated carbocycles. The molecule has 0 saturated heterocycles. The number of carbonyl (C=O) groups is 1. The molecular weight excluding hydrogens is 266 g/mol. The third kappa shape index (κ3) is 2.81. The monoisotopic (exact) mass is 283 g/mol. The molecule has 5 heteroatoms. The maximum atomic E-state index is 12.6. The number of fused-ring (bicyclic) bond motifs is 1. The summed E-state index contributed by atoms with van der Waals surface area (Å²) in [5, 5.41) is 3.08. The Balaban J connectivity index is 1.84. The molecule has 1 aromatic heterocycles. The first kappa shape index (κ1) is 13.4. The number of nitrogens with one attached hydrogen (secondary N) is 1. The van der Waals surface area contributed by atoms with Crippen molar-refractivity contribution in [2.75, 3.05) is 25.5 Å². The van der Waals surface area contributed by atoms with Crippen LogP contribution in [0.3, 0.4) is 0 Å². The van der Waals surface area contributed by atoms with Gasteiger partial charge < -0.3 is 15.0 Å². The van der Waals surface area contributed by atoms with Crippen molar-refractivity contribution in [3.05, 3.63) is 53.9 Å². The first-order valence-electron chi connectivity index (χ1n) is 6.92. The van der Waals surface area contributed by atoms with E-state index in [1.807, 2.05) is 37.4 Å². The zero-order valence-corrected chi connectivity index (χ0v) is 11.9. The van der Waals surface area contributed by atoms with Gasteiger partial charge in [-0.2, -0.15) is 0 Å². The second-order valence-corrected chi connectivity index (χ2v) is 4.86. The fourth-order valence-electron chi connectivity index (χ4n) is 2.37. The standard InChI is InChI=1S/C16H17N3O2/c1-17-12-6-7-18-13(10-12)11-19-8-9-21-15-5-3-2-4-14(15)16(19)20/h2-7,10H,8-9,11H2,1H3,(H,17,18). The number of nitrogens with zero attached hydrogens (tertiary/aromatic N) is 2. The van der Waals surface area contributed by atoms with Crippen molar-refractivity contribution in [2.24, 2.45) is 0 Å². The van der Waals surface area contributed by atoms with Crippen molar-refractivity contribution in [3.63, 3.8) is 0 Å². The summed E-state index contributed by atoms with van der Waals surface area (Å²) in [6.45, 7) is 1.53. The van der Waals surface area contributed by atoms with E-state index < -0.39 is 0 Å². The van der Waals surface area contributed by atoms with Crippen LogP contribution in [-0.4, -0.2) is 36.0 Å². The van der Waals surface area contributed by atoms with Gasteiger partial charge in [0.25, 0.3) is 5.91 Å². The third-order valence-electron chi connectivity index (χ3n) is 3.48. The van der Waals surface area contributed by atoms with Gasteiger partial charge in [0.15, 0.2) is 0 Å². The van der Waals surface area contributed by atoms with Crippen molar-refractivity contribution in [2.45, 2.75) is 6.54 Å². The molecule has 0 atom stereocenters. The van der Waals surface area contributed by atoms with E-state index in [1.165, 1.54) is 0 Å². The molecule has 1 aromatic carbocycles. The Morgan fingerprint density at radius 2 is 2.19 bits per heavy atom. The van der Waals surface area contributed by atoms with E-state index in [4.69, 9.17) is 4.74 Å². The van der Waals surface area contributed by atoms with Gasteiger partial charge >= 0.3 is 0 Å². The minimum atomic E-state index is -0.0141. The van der Waals surface area contributed by atoms with Crippen LogP contribution in [0.25, 0.3) is 0 Å². The van der Waals surface area contributed by atoms with Crippen LogP contribution in [0.2, 0.25) is 0 Å². The number of hydrogen-bond acceptors (Lipinski definition) is 4. The first-order valence-corrected chi connectivity index (χ1v) is 6.92. The van der Waals surface area contributed by atoms with E-state index >= 15 is 0 Å². The highest BCUT2D eigenvalue weighted by Gasteiger charge is 2.23. The van der Waals surface area contributed by atoms with Gasteiger partial charge in [-0.15, -0.1) is 0 Å². The van der Waals surface area contributed by atoms with Crippen LogP contribution in [0.1, 0.15) is 16.1 Å². The molecule has 0 radical (unpaired) electrons. The normalized spacial score (nSPS) is 14.1. The molecule has 2 heterocycles. The summed E-state index contributed by atoms with van der Waals surface area (Å²) in [6, 6.07) is 11.2. The minimum absolute atomic E-state index is 0.0141. The van der Waals surface area contributed by atoms with Gasteiger partial charge in [0, 0.05) is 18.9 Å². The fraction of sp³-hybridized carbons (Fsp3) is 0.250. The molecule has 1 N–H and O–H groups in total. The first-order chi connectivity index (χ1) is 10.3. The quantitative estimate of drug-likeness (QED) is 0.938.